The van der Waals surface area contributed by atoms with Crippen LogP contribution in [0.25, 0.3) is 10.2 Å². The maximum atomic E-state index is 12.4. The number of rotatable bonds is 4. The van der Waals surface area contributed by atoms with Gasteiger partial charge in [-0.1, -0.05) is 17.7 Å². The topological polar surface area (TPSA) is 119 Å². The highest BCUT2D eigenvalue weighted by molar-refractivity contribution is 7.20. The lowest BCUT2D eigenvalue weighted by Gasteiger charge is -2.10. The monoisotopic (exact) mass is 428 g/mol. The van der Waals surface area contributed by atoms with Crippen LogP contribution in [0.2, 0.25) is 0 Å². The van der Waals surface area contributed by atoms with Gasteiger partial charge in [-0.3, -0.25) is 14.9 Å². The molecule has 0 atom stereocenters. The molecule has 3 amide bonds. The van der Waals surface area contributed by atoms with Crippen LogP contribution in [0, 0.1) is 20.8 Å². The molecule has 0 aliphatic rings. The summed E-state index contributed by atoms with van der Waals surface area (Å²) in [6.07, 6.45) is 1.37. The van der Waals surface area contributed by atoms with Crippen molar-refractivity contribution in [2.24, 2.45) is 7.05 Å². The average molecular weight is 428 g/mol. The van der Waals surface area contributed by atoms with E-state index >= 15 is 0 Å². The third kappa shape index (κ3) is 4.38. The Morgan fingerprint density at radius 3 is 2.63 bits per heavy atom. The number of imide groups is 1. The summed E-state index contributed by atoms with van der Waals surface area (Å²) < 4.78 is 6.32. The number of hydrogen-bond donors (Lipinski definition) is 2. The first-order valence-electron chi connectivity index (χ1n) is 8.97. The second kappa shape index (κ2) is 8.46. The molecule has 0 fully saturated rings. The molecule has 9 nitrogen and oxygen atoms in total. The van der Waals surface area contributed by atoms with Crippen LogP contribution in [0.3, 0.4) is 0 Å². The first-order chi connectivity index (χ1) is 14.2. The number of carbonyl (C=O) groups excluding carboxylic acids is 3. The van der Waals surface area contributed by atoms with E-state index in [2.05, 4.69) is 15.6 Å². The minimum absolute atomic E-state index is 0.188. The molecule has 0 unspecified atom stereocenters. The van der Waals surface area contributed by atoms with Crippen molar-refractivity contribution in [1.82, 2.24) is 14.9 Å². The number of carbonyl (C=O) groups is 3. The van der Waals surface area contributed by atoms with E-state index in [0.29, 0.717) is 21.5 Å². The number of nitrogens with zero attached hydrogens (tertiary/aromatic N) is 2. The number of ether oxygens (including phenoxy) is 1. The van der Waals surface area contributed by atoms with Crippen LogP contribution in [-0.2, 0) is 16.6 Å². The van der Waals surface area contributed by atoms with E-state index in [-0.39, 0.29) is 10.4 Å². The standard InChI is InChI=1S/C20H20N4O5S/c1-10-5-6-13(11(2)7-10)22-20(28)23-14(25)8-29-19(27)16-12(3)15-17(30-16)21-9-24(4)18(15)26/h5-7,9H,8H2,1-4H3,(H2,22,23,25,28). The van der Waals surface area contributed by atoms with E-state index in [0.717, 1.165) is 22.5 Å². The molecule has 10 heteroatoms. The van der Waals surface area contributed by atoms with Crippen molar-refractivity contribution in [2.75, 3.05) is 11.9 Å². The normalized spacial score (nSPS) is 10.7. The minimum atomic E-state index is -0.779. The van der Waals surface area contributed by atoms with Gasteiger partial charge in [0.05, 0.1) is 11.7 Å². The molecule has 0 saturated heterocycles. The zero-order valence-electron chi connectivity index (χ0n) is 16.9. The number of urea groups is 1. The number of benzene rings is 1. The zero-order valence-corrected chi connectivity index (χ0v) is 17.7. The number of esters is 1. The Balaban J connectivity index is 1.61. The molecule has 0 saturated carbocycles. The van der Waals surface area contributed by atoms with Gasteiger partial charge in [-0.05, 0) is 38.0 Å². The van der Waals surface area contributed by atoms with Crippen molar-refractivity contribution >= 4 is 45.1 Å². The number of thiophene rings is 1. The first kappa shape index (κ1) is 21.2. The van der Waals surface area contributed by atoms with Crippen molar-refractivity contribution in [3.8, 4) is 0 Å². The van der Waals surface area contributed by atoms with Crippen molar-refractivity contribution < 1.29 is 19.1 Å². The Hall–Kier alpha value is -3.53. The van der Waals surface area contributed by atoms with Crippen molar-refractivity contribution in [2.45, 2.75) is 20.8 Å². The third-order valence-electron chi connectivity index (χ3n) is 4.41. The molecule has 1 aromatic carbocycles. The number of anilines is 1. The van der Waals surface area contributed by atoms with Crippen LogP contribution in [-0.4, -0.2) is 34.1 Å². The fraction of sp³-hybridized carbons (Fsp3) is 0.250. The largest absolute Gasteiger partial charge is 0.451 e. The molecule has 3 rings (SSSR count). The van der Waals surface area contributed by atoms with E-state index in [9.17, 15) is 19.2 Å². The molecule has 2 N–H and O–H groups in total. The average Bonchev–Trinajstić information content (AvgIpc) is 3.02. The van der Waals surface area contributed by atoms with Gasteiger partial charge < -0.3 is 14.6 Å². The van der Waals surface area contributed by atoms with E-state index in [4.69, 9.17) is 4.74 Å². The number of hydrogen-bond acceptors (Lipinski definition) is 7. The molecule has 3 aromatic rings. The summed E-state index contributed by atoms with van der Waals surface area (Å²) in [6.45, 7) is 4.75. The van der Waals surface area contributed by atoms with Gasteiger partial charge in [0.25, 0.3) is 11.5 Å². The SMILES string of the molecule is Cc1ccc(NC(=O)NC(=O)COC(=O)c2sc3ncn(C)c(=O)c3c2C)c(C)c1. The number of aryl methyl sites for hydroxylation is 4. The molecule has 30 heavy (non-hydrogen) atoms. The highest BCUT2D eigenvalue weighted by Gasteiger charge is 2.21. The summed E-state index contributed by atoms with van der Waals surface area (Å²) in [5, 5.41) is 5.02. The Morgan fingerprint density at radius 2 is 1.93 bits per heavy atom. The van der Waals surface area contributed by atoms with E-state index < -0.39 is 24.5 Å². The van der Waals surface area contributed by atoms with Gasteiger partial charge in [0.15, 0.2) is 6.61 Å². The molecular weight excluding hydrogens is 408 g/mol. The lowest BCUT2D eigenvalue weighted by Crippen LogP contribution is -2.37. The molecule has 2 aromatic heterocycles. The van der Waals surface area contributed by atoms with Gasteiger partial charge >= 0.3 is 12.0 Å². The highest BCUT2D eigenvalue weighted by Crippen LogP contribution is 2.27. The zero-order chi connectivity index (χ0) is 22.0. The fourth-order valence-corrected chi connectivity index (χ4v) is 3.90. The molecule has 0 spiro atoms. The lowest BCUT2D eigenvalue weighted by atomic mass is 10.1. The summed E-state index contributed by atoms with van der Waals surface area (Å²) in [5.41, 5.74) is 2.64. The second-order valence-electron chi connectivity index (χ2n) is 6.79. The summed E-state index contributed by atoms with van der Waals surface area (Å²) in [5.74, 6) is -1.54. The number of aromatic nitrogens is 2. The van der Waals surface area contributed by atoms with Crippen LogP contribution >= 0.6 is 11.3 Å². The van der Waals surface area contributed by atoms with Gasteiger partial charge in [-0.2, -0.15) is 0 Å². The first-order valence-corrected chi connectivity index (χ1v) is 9.79. The summed E-state index contributed by atoms with van der Waals surface area (Å²) >= 11 is 1.01. The number of amides is 3. The van der Waals surface area contributed by atoms with Gasteiger partial charge in [-0.15, -0.1) is 11.3 Å². The van der Waals surface area contributed by atoms with Crippen LogP contribution < -0.4 is 16.2 Å². The Kier molecular flexibility index (Phi) is 5.97. The summed E-state index contributed by atoms with van der Waals surface area (Å²) in [7, 11) is 1.57. The van der Waals surface area contributed by atoms with Crippen LogP contribution in [0.15, 0.2) is 29.3 Å². The predicted molar refractivity (Wildman–Crippen MR) is 113 cm³/mol. The van der Waals surface area contributed by atoms with E-state index in [1.807, 2.05) is 26.0 Å². The maximum Gasteiger partial charge on any atom is 0.349 e. The lowest BCUT2D eigenvalue weighted by molar-refractivity contribution is -0.123. The van der Waals surface area contributed by atoms with Gasteiger partial charge in [0, 0.05) is 12.7 Å². The summed E-state index contributed by atoms with van der Waals surface area (Å²) in [6, 6.07) is 4.74. The molecule has 0 radical (unpaired) electrons. The Morgan fingerprint density at radius 1 is 1.20 bits per heavy atom. The smallest absolute Gasteiger partial charge is 0.349 e. The highest BCUT2D eigenvalue weighted by atomic mass is 32.1. The van der Waals surface area contributed by atoms with Crippen LogP contribution in [0.1, 0.15) is 26.4 Å². The third-order valence-corrected chi connectivity index (χ3v) is 5.59. The molecule has 0 aliphatic heterocycles. The number of fused-ring (bicyclic) bond motifs is 1. The fourth-order valence-electron chi connectivity index (χ4n) is 2.87. The van der Waals surface area contributed by atoms with Gasteiger partial charge in [0.1, 0.15) is 9.71 Å². The number of nitrogens with one attached hydrogen (secondary N) is 2. The Labute approximate surface area is 175 Å². The minimum Gasteiger partial charge on any atom is -0.451 e. The summed E-state index contributed by atoms with van der Waals surface area (Å²) in [4.78, 5) is 53.3. The Bertz CT molecular complexity index is 1230. The van der Waals surface area contributed by atoms with Crippen molar-refractivity contribution in [1.29, 1.82) is 0 Å². The van der Waals surface area contributed by atoms with Crippen molar-refractivity contribution in [3.05, 3.63) is 56.4 Å². The molecule has 156 valence electrons. The van der Waals surface area contributed by atoms with E-state index in [1.165, 1.54) is 10.9 Å². The molecule has 2 heterocycles. The van der Waals surface area contributed by atoms with E-state index in [1.54, 1.807) is 20.0 Å². The molecular formula is C20H20N4O5S. The molecule has 0 aliphatic carbocycles. The van der Waals surface area contributed by atoms with Gasteiger partial charge in [-0.25, -0.2) is 14.6 Å². The maximum absolute atomic E-state index is 12.4. The van der Waals surface area contributed by atoms with Crippen LogP contribution in [0.4, 0.5) is 10.5 Å². The second-order valence-corrected chi connectivity index (χ2v) is 7.79. The predicted octanol–water partition coefficient (Wildman–Crippen LogP) is 2.43. The van der Waals surface area contributed by atoms with Crippen molar-refractivity contribution in [3.63, 3.8) is 0 Å². The van der Waals surface area contributed by atoms with Gasteiger partial charge in [0.2, 0.25) is 0 Å². The van der Waals surface area contributed by atoms with Crippen LogP contribution in [0.5, 0.6) is 0 Å². The quantitative estimate of drug-likeness (QED) is 0.616. The molecule has 0 bridgehead atoms.